The SMILES string of the molecule is CCC(C)(C)c1ccc(N(CCN(C(=N)NC(=N)N)c2ccc(C(C)(C)CC)cc2)C(=N)NC(=N)N)cc1.CCCCCCCCCN(C(=NCCN=C(NC(=N)N)N(CCCCCCCCC)c1ccccc1)NC(=N)N)c1ccccc1. The average Bonchev–Trinajstić information content (AvgIpc) is 3.28. The Labute approximate surface area is 503 Å². The van der Waals surface area contributed by atoms with Crippen LogP contribution >= 0.6 is 0 Å². The standard InChI is InChI=1S/C36H60N10.C28H44N10/c1-3-5-7-9-11-13-21-29-45(31-23-17-15-18-24-31)35(43-33(37)38)41-27-28-42-36(44-34(39)40)46(32-25-19-16-20-26-32)30-22-14-12-10-8-6-4-2;1-7-27(3,4)19-9-13-21(14-10-19)37(25(33)35-23(29)30)17-18-38(26(34)36-24(31)32)22-15-11-20(12-16-22)28(5,6)8-2/h15-20,23-26H,3-14,21-22,27-30H2,1-2H3,(H4,37,38,41,43)(H4,39,40,42,44);9-16H,7-8,17-18H2,1-6H3,(H5,29,30,33,35)(H5,31,32,34,36). The van der Waals surface area contributed by atoms with Crippen LogP contribution in [0.2, 0.25) is 0 Å². The average molecular weight is 1150 g/mol. The molecule has 0 aromatic heterocycles. The van der Waals surface area contributed by atoms with Crippen molar-refractivity contribution < 1.29 is 0 Å². The van der Waals surface area contributed by atoms with E-state index in [0.29, 0.717) is 38.1 Å². The molecule has 0 saturated carbocycles. The number of aliphatic imine (C=N–C) groups is 2. The van der Waals surface area contributed by atoms with Crippen LogP contribution in [-0.2, 0) is 10.8 Å². The molecular weight excluding hydrogens is 1050 g/mol. The first-order valence-corrected chi connectivity index (χ1v) is 30.3. The third-order valence-electron chi connectivity index (χ3n) is 15.0. The highest BCUT2D eigenvalue weighted by Crippen LogP contribution is 2.30. The lowest BCUT2D eigenvalue weighted by Crippen LogP contribution is -2.51. The van der Waals surface area contributed by atoms with Crippen molar-refractivity contribution in [2.24, 2.45) is 32.9 Å². The normalized spacial score (nSPS) is 11.6. The lowest BCUT2D eigenvalue weighted by atomic mass is 9.82. The summed E-state index contributed by atoms with van der Waals surface area (Å²) in [5.74, 6) is -0.0234. The van der Waals surface area contributed by atoms with Gasteiger partial charge >= 0.3 is 0 Å². The number of hydrogen-bond donors (Lipinski definition) is 14. The Hall–Kier alpha value is -8.16. The largest absolute Gasteiger partial charge is 0.370 e. The topological polar surface area (TPSA) is 333 Å². The van der Waals surface area contributed by atoms with Crippen LogP contribution in [0.1, 0.15) is 169 Å². The van der Waals surface area contributed by atoms with Gasteiger partial charge in [-0.05, 0) is 96.2 Å². The van der Waals surface area contributed by atoms with Gasteiger partial charge in [0, 0.05) is 48.9 Å². The maximum Gasteiger partial charge on any atom is 0.205 e. The maximum atomic E-state index is 8.57. The second kappa shape index (κ2) is 37.8. The molecule has 20 heteroatoms. The molecule has 0 amide bonds. The first kappa shape index (κ1) is 70.1. The molecule has 18 N–H and O–H groups in total. The molecule has 0 spiro atoms. The minimum absolute atomic E-state index is 0.0250. The Morgan fingerprint density at radius 1 is 0.369 bits per heavy atom. The van der Waals surface area contributed by atoms with E-state index in [1.54, 1.807) is 9.80 Å². The van der Waals surface area contributed by atoms with Crippen LogP contribution in [0.4, 0.5) is 22.7 Å². The second-order valence-corrected chi connectivity index (χ2v) is 22.4. The molecule has 4 aromatic carbocycles. The molecule has 0 aliphatic rings. The van der Waals surface area contributed by atoms with Crippen LogP contribution < -0.4 is 63.8 Å². The van der Waals surface area contributed by atoms with Crippen molar-refractivity contribution in [2.45, 2.75) is 169 Å². The van der Waals surface area contributed by atoms with E-state index in [1.807, 2.05) is 84.9 Å². The number of anilines is 4. The van der Waals surface area contributed by atoms with Gasteiger partial charge in [-0.1, -0.05) is 193 Å². The highest BCUT2D eigenvalue weighted by Gasteiger charge is 2.24. The molecule has 20 nitrogen and oxygen atoms in total. The third kappa shape index (κ3) is 25.5. The van der Waals surface area contributed by atoms with E-state index >= 15 is 0 Å². The van der Waals surface area contributed by atoms with E-state index in [0.717, 1.165) is 74.4 Å². The summed E-state index contributed by atoms with van der Waals surface area (Å²) in [5, 5.41) is 59.4. The fourth-order valence-electron chi connectivity index (χ4n) is 9.25. The number of hydrogen-bond acceptors (Lipinski definition) is 8. The zero-order chi connectivity index (χ0) is 61.9. The monoisotopic (exact) mass is 1150 g/mol. The van der Waals surface area contributed by atoms with Gasteiger partial charge in [-0.25, -0.2) is 0 Å². The summed E-state index contributed by atoms with van der Waals surface area (Å²) in [7, 11) is 0. The van der Waals surface area contributed by atoms with E-state index in [9.17, 15) is 0 Å². The van der Waals surface area contributed by atoms with E-state index in [-0.39, 0.29) is 46.6 Å². The zero-order valence-corrected chi connectivity index (χ0v) is 51.9. The first-order chi connectivity index (χ1) is 40.2. The summed E-state index contributed by atoms with van der Waals surface area (Å²) < 4.78 is 0. The number of rotatable bonds is 30. The summed E-state index contributed by atoms with van der Waals surface area (Å²) in [4.78, 5) is 17.3. The maximum absolute atomic E-state index is 8.57. The van der Waals surface area contributed by atoms with Gasteiger partial charge in [0.05, 0.1) is 13.1 Å². The number of benzene rings is 4. The van der Waals surface area contributed by atoms with Crippen LogP contribution in [0.5, 0.6) is 0 Å². The molecule has 0 heterocycles. The van der Waals surface area contributed by atoms with E-state index in [2.05, 4.69) is 111 Å². The Bertz CT molecular complexity index is 2470. The van der Waals surface area contributed by atoms with Crippen molar-refractivity contribution in [3.8, 4) is 0 Å². The molecule has 0 atom stereocenters. The fraction of sp³-hybridized carbons (Fsp3) is 0.500. The molecular formula is C64H104N20. The Balaban J connectivity index is 0.000000448. The Morgan fingerprint density at radius 3 is 0.940 bits per heavy atom. The molecule has 4 rings (SSSR count). The van der Waals surface area contributed by atoms with E-state index < -0.39 is 0 Å². The molecule has 0 radical (unpaired) electrons. The van der Waals surface area contributed by atoms with Gasteiger partial charge < -0.3 is 42.5 Å². The van der Waals surface area contributed by atoms with Gasteiger partial charge in [-0.3, -0.25) is 63.7 Å². The number of guanidine groups is 8. The fourth-order valence-corrected chi connectivity index (χ4v) is 9.25. The summed E-state index contributed by atoms with van der Waals surface area (Å²) in [6, 6.07) is 36.2. The van der Waals surface area contributed by atoms with Gasteiger partial charge in [0.2, 0.25) is 23.8 Å². The smallest absolute Gasteiger partial charge is 0.205 e. The summed E-state index contributed by atoms with van der Waals surface area (Å²) in [6.07, 6.45) is 18.9. The van der Waals surface area contributed by atoms with Gasteiger partial charge in [-0.2, -0.15) is 0 Å². The van der Waals surface area contributed by atoms with Crippen LogP contribution in [0.15, 0.2) is 119 Å². The van der Waals surface area contributed by atoms with Crippen LogP contribution in [0.25, 0.3) is 0 Å². The molecule has 0 bridgehead atoms. The van der Waals surface area contributed by atoms with Crippen LogP contribution in [0.3, 0.4) is 0 Å². The van der Waals surface area contributed by atoms with Crippen molar-refractivity contribution in [1.82, 2.24) is 21.3 Å². The molecule has 4 aromatic rings. The summed E-state index contributed by atoms with van der Waals surface area (Å²) >= 11 is 0. The highest BCUT2D eigenvalue weighted by atomic mass is 15.4. The number of nitrogens with one attached hydrogen (secondary N) is 10. The number of unbranched alkanes of at least 4 members (excludes halogenated alkanes) is 12. The molecule has 0 unspecified atom stereocenters. The van der Waals surface area contributed by atoms with Crippen molar-refractivity contribution in [1.29, 1.82) is 32.5 Å². The Morgan fingerprint density at radius 2 is 0.655 bits per heavy atom. The summed E-state index contributed by atoms with van der Waals surface area (Å²) in [5.41, 5.74) is 28.6. The summed E-state index contributed by atoms with van der Waals surface area (Å²) in [6.45, 7) is 20.4. The molecule has 0 fully saturated rings. The quantitative estimate of drug-likeness (QED) is 0.0132. The minimum atomic E-state index is -0.333. The molecule has 0 aliphatic heterocycles. The number of nitrogens with two attached hydrogens (primary N) is 4. The third-order valence-corrected chi connectivity index (χ3v) is 15.0. The van der Waals surface area contributed by atoms with Gasteiger partial charge in [0.1, 0.15) is 0 Å². The number of nitrogens with zero attached hydrogens (tertiary/aromatic N) is 6. The van der Waals surface area contributed by atoms with Crippen molar-refractivity contribution in [2.75, 3.05) is 58.9 Å². The van der Waals surface area contributed by atoms with E-state index in [4.69, 9.17) is 65.4 Å². The van der Waals surface area contributed by atoms with Gasteiger partial charge in [0.25, 0.3) is 0 Å². The lowest BCUT2D eigenvalue weighted by molar-refractivity contribution is 0.506. The van der Waals surface area contributed by atoms with Gasteiger partial charge in [0.15, 0.2) is 23.8 Å². The lowest BCUT2D eigenvalue weighted by Gasteiger charge is -2.32. The van der Waals surface area contributed by atoms with Crippen molar-refractivity contribution in [3.05, 3.63) is 120 Å². The molecule has 460 valence electrons. The van der Waals surface area contributed by atoms with Crippen molar-refractivity contribution in [3.63, 3.8) is 0 Å². The van der Waals surface area contributed by atoms with Gasteiger partial charge in [-0.15, -0.1) is 0 Å². The zero-order valence-electron chi connectivity index (χ0n) is 51.9. The second-order valence-electron chi connectivity index (χ2n) is 22.4. The predicted octanol–water partition coefficient (Wildman–Crippen LogP) is 11.4. The predicted molar refractivity (Wildman–Crippen MR) is 358 cm³/mol. The number of para-hydroxylation sites is 2. The van der Waals surface area contributed by atoms with E-state index in [1.165, 1.54) is 75.3 Å². The van der Waals surface area contributed by atoms with Crippen molar-refractivity contribution >= 4 is 70.4 Å². The first-order valence-electron chi connectivity index (χ1n) is 30.3. The highest BCUT2D eigenvalue weighted by molar-refractivity contribution is 6.07. The Kier molecular flexibility index (Phi) is 31.6. The minimum Gasteiger partial charge on any atom is -0.370 e. The molecule has 84 heavy (non-hydrogen) atoms. The van der Waals surface area contributed by atoms with Crippen LogP contribution in [0, 0.1) is 32.5 Å². The van der Waals surface area contributed by atoms with Crippen LogP contribution in [-0.4, -0.2) is 86.9 Å². The molecule has 0 saturated heterocycles. The molecule has 0 aliphatic carbocycles.